The van der Waals surface area contributed by atoms with Crippen LogP contribution >= 0.6 is 50.1 Å². The van der Waals surface area contributed by atoms with Gasteiger partial charge in [-0.1, -0.05) is 45.7 Å². The van der Waals surface area contributed by atoms with Crippen molar-refractivity contribution in [3.05, 3.63) is 56.1 Å². The zero-order chi connectivity index (χ0) is 14.7. The van der Waals surface area contributed by atoms with E-state index in [9.17, 15) is 0 Å². The second-order valence-electron chi connectivity index (χ2n) is 4.11. The van der Waals surface area contributed by atoms with Crippen molar-refractivity contribution >= 4 is 50.1 Å². The summed E-state index contributed by atoms with van der Waals surface area (Å²) in [6, 6.07) is 11.9. The van der Waals surface area contributed by atoms with Gasteiger partial charge in [-0.05, 0) is 45.9 Å². The number of alkyl halides is 1. The molecular formula is C15H13BrClIO2. The molecule has 5 heteroatoms. The van der Waals surface area contributed by atoms with Gasteiger partial charge in [0.15, 0.2) is 11.5 Å². The first-order chi connectivity index (χ1) is 9.58. The van der Waals surface area contributed by atoms with E-state index < -0.39 is 0 Å². The highest BCUT2D eigenvalue weighted by Crippen LogP contribution is 2.42. The quantitative estimate of drug-likeness (QED) is 0.440. The maximum atomic E-state index is 6.37. The van der Waals surface area contributed by atoms with E-state index in [4.69, 9.17) is 21.1 Å². The number of hydrogen-bond acceptors (Lipinski definition) is 2. The van der Waals surface area contributed by atoms with Crippen LogP contribution in [0.1, 0.15) is 16.0 Å². The molecule has 0 saturated carbocycles. The van der Waals surface area contributed by atoms with Crippen LogP contribution in [0.15, 0.2) is 36.4 Å². The Hall–Kier alpha value is -0.460. The van der Waals surface area contributed by atoms with Crippen molar-refractivity contribution in [3.8, 4) is 11.5 Å². The second kappa shape index (κ2) is 7.00. The lowest BCUT2D eigenvalue weighted by atomic mass is 10.0. The Morgan fingerprint density at radius 3 is 2.25 bits per heavy atom. The number of rotatable bonds is 4. The van der Waals surface area contributed by atoms with Crippen LogP contribution in [0.3, 0.4) is 0 Å². The summed E-state index contributed by atoms with van der Waals surface area (Å²) in [7, 11) is 3.21. The third-order valence-corrected chi connectivity index (χ3v) is 5.25. The zero-order valence-electron chi connectivity index (χ0n) is 11.0. The van der Waals surface area contributed by atoms with Crippen LogP contribution in [0.4, 0.5) is 0 Å². The molecule has 20 heavy (non-hydrogen) atoms. The van der Waals surface area contributed by atoms with Crippen molar-refractivity contribution in [2.75, 3.05) is 14.2 Å². The molecule has 0 aliphatic rings. The monoisotopic (exact) mass is 466 g/mol. The molecule has 0 aliphatic carbocycles. The summed E-state index contributed by atoms with van der Waals surface area (Å²) < 4.78 is 11.8. The Balaban J connectivity index is 2.50. The van der Waals surface area contributed by atoms with Crippen LogP contribution in [0.2, 0.25) is 5.02 Å². The van der Waals surface area contributed by atoms with Crippen LogP contribution < -0.4 is 9.47 Å². The Bertz CT molecular complexity index is 619. The fourth-order valence-corrected chi connectivity index (χ4v) is 4.21. The molecule has 1 atom stereocenters. The highest BCUT2D eigenvalue weighted by molar-refractivity contribution is 14.1. The minimum Gasteiger partial charge on any atom is -0.493 e. The van der Waals surface area contributed by atoms with Crippen LogP contribution in [0, 0.1) is 3.57 Å². The summed E-state index contributed by atoms with van der Waals surface area (Å²) in [6.45, 7) is 0. The smallest absolute Gasteiger partial charge is 0.162 e. The van der Waals surface area contributed by atoms with Crippen molar-refractivity contribution in [2.45, 2.75) is 4.83 Å². The van der Waals surface area contributed by atoms with E-state index in [2.05, 4.69) is 50.7 Å². The summed E-state index contributed by atoms with van der Waals surface area (Å²) in [6.07, 6.45) is 0. The Morgan fingerprint density at radius 1 is 1.05 bits per heavy atom. The lowest BCUT2D eigenvalue weighted by Crippen LogP contribution is -1.99. The number of hydrogen-bond donors (Lipinski definition) is 0. The number of halogens is 3. The Morgan fingerprint density at radius 2 is 1.65 bits per heavy atom. The number of benzene rings is 2. The van der Waals surface area contributed by atoms with Crippen molar-refractivity contribution in [1.29, 1.82) is 0 Å². The second-order valence-corrected chi connectivity index (χ2v) is 6.60. The van der Waals surface area contributed by atoms with Gasteiger partial charge >= 0.3 is 0 Å². The molecule has 0 spiro atoms. The van der Waals surface area contributed by atoms with E-state index in [0.717, 1.165) is 5.56 Å². The third-order valence-electron chi connectivity index (χ3n) is 2.95. The topological polar surface area (TPSA) is 18.5 Å². The molecule has 0 radical (unpaired) electrons. The summed E-state index contributed by atoms with van der Waals surface area (Å²) >= 11 is 12.4. The molecule has 0 saturated heterocycles. The minimum atomic E-state index is 0.00269. The van der Waals surface area contributed by atoms with Gasteiger partial charge in [0.05, 0.1) is 19.0 Å². The van der Waals surface area contributed by atoms with Gasteiger partial charge in [-0.3, -0.25) is 0 Å². The highest BCUT2D eigenvalue weighted by atomic mass is 127. The molecule has 1 unspecified atom stereocenters. The largest absolute Gasteiger partial charge is 0.493 e. The van der Waals surface area contributed by atoms with E-state index in [1.165, 1.54) is 9.13 Å². The summed E-state index contributed by atoms with van der Waals surface area (Å²) in [5, 5.41) is 0.643. The molecule has 0 amide bonds. The fraction of sp³-hybridized carbons (Fsp3) is 0.200. The minimum absolute atomic E-state index is 0.00269. The first-order valence-corrected chi connectivity index (χ1v) is 8.25. The molecule has 0 N–H and O–H groups in total. The molecule has 2 aromatic carbocycles. The normalized spacial score (nSPS) is 12.1. The molecular weight excluding hydrogens is 454 g/mol. The van der Waals surface area contributed by atoms with Gasteiger partial charge in [0, 0.05) is 14.7 Å². The first-order valence-electron chi connectivity index (χ1n) is 5.88. The van der Waals surface area contributed by atoms with Crippen LogP contribution in [0.25, 0.3) is 0 Å². The van der Waals surface area contributed by atoms with E-state index in [0.29, 0.717) is 16.5 Å². The van der Waals surface area contributed by atoms with Crippen molar-refractivity contribution in [3.63, 3.8) is 0 Å². The van der Waals surface area contributed by atoms with E-state index in [1.807, 2.05) is 18.2 Å². The fourth-order valence-electron chi connectivity index (χ4n) is 1.91. The van der Waals surface area contributed by atoms with Crippen molar-refractivity contribution < 1.29 is 9.47 Å². The van der Waals surface area contributed by atoms with Crippen molar-refractivity contribution in [1.82, 2.24) is 0 Å². The van der Waals surface area contributed by atoms with Gasteiger partial charge in [0.2, 0.25) is 0 Å². The highest BCUT2D eigenvalue weighted by Gasteiger charge is 2.19. The standard InChI is InChI=1S/C15H13BrClIO2/c1-19-13-7-10(11(17)8-14(13)20-2)15(16)9-5-3-4-6-12(9)18/h3-8,15H,1-2H3. The Labute approximate surface area is 145 Å². The number of methoxy groups -OCH3 is 2. The van der Waals surface area contributed by atoms with E-state index in [1.54, 1.807) is 20.3 Å². The van der Waals surface area contributed by atoms with Gasteiger partial charge in [-0.2, -0.15) is 0 Å². The molecule has 106 valence electrons. The van der Waals surface area contributed by atoms with E-state index >= 15 is 0 Å². The predicted molar refractivity (Wildman–Crippen MR) is 94.5 cm³/mol. The average Bonchev–Trinajstić information content (AvgIpc) is 2.46. The molecule has 0 heterocycles. The average molecular weight is 468 g/mol. The first kappa shape index (κ1) is 15.9. The van der Waals surface area contributed by atoms with Gasteiger partial charge in [-0.15, -0.1) is 0 Å². The molecule has 0 aliphatic heterocycles. The Kier molecular flexibility index (Phi) is 5.57. The third kappa shape index (κ3) is 3.23. The van der Waals surface area contributed by atoms with Gasteiger partial charge in [0.1, 0.15) is 0 Å². The van der Waals surface area contributed by atoms with Gasteiger partial charge < -0.3 is 9.47 Å². The lowest BCUT2D eigenvalue weighted by molar-refractivity contribution is 0.354. The zero-order valence-corrected chi connectivity index (χ0v) is 15.5. The predicted octanol–water partition coefficient (Wildman–Crippen LogP) is 5.45. The maximum Gasteiger partial charge on any atom is 0.162 e. The van der Waals surface area contributed by atoms with Crippen LogP contribution in [-0.2, 0) is 0 Å². The maximum absolute atomic E-state index is 6.37. The molecule has 0 bridgehead atoms. The van der Waals surface area contributed by atoms with Crippen LogP contribution in [-0.4, -0.2) is 14.2 Å². The van der Waals surface area contributed by atoms with Gasteiger partial charge in [0.25, 0.3) is 0 Å². The summed E-state index contributed by atoms with van der Waals surface area (Å²) in [5.74, 6) is 1.30. The molecule has 0 aromatic heterocycles. The molecule has 2 nitrogen and oxygen atoms in total. The SMILES string of the molecule is COc1cc(Cl)c(C(Br)c2ccccc2I)cc1OC. The lowest BCUT2D eigenvalue weighted by Gasteiger charge is -2.17. The van der Waals surface area contributed by atoms with Crippen molar-refractivity contribution in [2.24, 2.45) is 0 Å². The molecule has 2 aromatic rings. The summed E-state index contributed by atoms with van der Waals surface area (Å²) in [5.41, 5.74) is 2.12. The molecule has 2 rings (SSSR count). The molecule has 0 fully saturated rings. The van der Waals surface area contributed by atoms with Gasteiger partial charge in [-0.25, -0.2) is 0 Å². The van der Waals surface area contributed by atoms with E-state index in [-0.39, 0.29) is 4.83 Å². The van der Waals surface area contributed by atoms with Crippen LogP contribution in [0.5, 0.6) is 11.5 Å². The summed E-state index contributed by atoms with van der Waals surface area (Å²) in [4.78, 5) is 0.00269. The number of ether oxygens (including phenoxy) is 2.